The summed E-state index contributed by atoms with van der Waals surface area (Å²) in [7, 11) is 0. The predicted octanol–water partition coefficient (Wildman–Crippen LogP) is 3.96. The van der Waals surface area contributed by atoms with E-state index in [1.807, 2.05) is 55.5 Å². The van der Waals surface area contributed by atoms with Gasteiger partial charge in [0.05, 0.1) is 6.61 Å². The minimum Gasteiger partial charge on any atom is -0.492 e. The van der Waals surface area contributed by atoms with Gasteiger partial charge in [-0.25, -0.2) is 0 Å². The fourth-order valence-corrected chi connectivity index (χ4v) is 2.25. The molecule has 0 amide bonds. The van der Waals surface area contributed by atoms with Crippen molar-refractivity contribution >= 4 is 28.0 Å². The minimum atomic E-state index is 0.621. The van der Waals surface area contributed by atoms with Crippen LogP contribution in [0.1, 0.15) is 6.92 Å². The molecule has 0 bridgehead atoms. The molecule has 3 rings (SSSR count). The SMILES string of the molecule is CCOc1cccc2c(Nc3ccc(N)cc3)ccnc12. The highest BCUT2D eigenvalue weighted by atomic mass is 16.5. The van der Waals surface area contributed by atoms with Crippen LogP contribution in [0.3, 0.4) is 0 Å². The lowest BCUT2D eigenvalue weighted by atomic mass is 10.1. The summed E-state index contributed by atoms with van der Waals surface area (Å²) >= 11 is 0. The van der Waals surface area contributed by atoms with E-state index in [1.54, 1.807) is 6.20 Å². The van der Waals surface area contributed by atoms with Crippen molar-refractivity contribution in [3.8, 4) is 5.75 Å². The summed E-state index contributed by atoms with van der Waals surface area (Å²) in [5.41, 5.74) is 9.30. The van der Waals surface area contributed by atoms with Crippen LogP contribution in [0.2, 0.25) is 0 Å². The lowest BCUT2D eigenvalue weighted by Crippen LogP contribution is -1.96. The Morgan fingerprint density at radius 1 is 1.10 bits per heavy atom. The number of para-hydroxylation sites is 1. The van der Waals surface area contributed by atoms with Crippen molar-refractivity contribution in [1.29, 1.82) is 0 Å². The Hall–Kier alpha value is -2.75. The van der Waals surface area contributed by atoms with E-state index < -0.39 is 0 Å². The second kappa shape index (κ2) is 5.71. The van der Waals surface area contributed by atoms with Gasteiger partial charge < -0.3 is 15.8 Å². The van der Waals surface area contributed by atoms with Crippen molar-refractivity contribution in [3.63, 3.8) is 0 Å². The van der Waals surface area contributed by atoms with Crippen molar-refractivity contribution in [1.82, 2.24) is 4.98 Å². The van der Waals surface area contributed by atoms with Gasteiger partial charge in [-0.2, -0.15) is 0 Å². The van der Waals surface area contributed by atoms with Crippen LogP contribution in [0.25, 0.3) is 10.9 Å². The van der Waals surface area contributed by atoms with E-state index in [4.69, 9.17) is 10.5 Å². The molecule has 21 heavy (non-hydrogen) atoms. The van der Waals surface area contributed by atoms with Gasteiger partial charge in [-0.1, -0.05) is 12.1 Å². The molecule has 4 heteroatoms. The summed E-state index contributed by atoms with van der Waals surface area (Å²) in [6, 6.07) is 15.5. The third-order valence-corrected chi connectivity index (χ3v) is 3.22. The lowest BCUT2D eigenvalue weighted by molar-refractivity contribution is 0.343. The number of fused-ring (bicyclic) bond motifs is 1. The molecule has 2 aromatic carbocycles. The van der Waals surface area contributed by atoms with Gasteiger partial charge in [-0.15, -0.1) is 0 Å². The second-order valence-electron chi connectivity index (χ2n) is 4.69. The molecule has 0 aliphatic carbocycles. The van der Waals surface area contributed by atoms with Crippen LogP contribution in [0.5, 0.6) is 5.75 Å². The minimum absolute atomic E-state index is 0.621. The van der Waals surface area contributed by atoms with E-state index in [2.05, 4.69) is 10.3 Å². The monoisotopic (exact) mass is 279 g/mol. The maximum atomic E-state index is 5.71. The number of anilines is 3. The zero-order valence-electron chi connectivity index (χ0n) is 11.8. The number of nitrogens with two attached hydrogens (primary N) is 1. The molecule has 0 unspecified atom stereocenters. The largest absolute Gasteiger partial charge is 0.492 e. The van der Waals surface area contributed by atoms with Crippen molar-refractivity contribution in [3.05, 3.63) is 54.7 Å². The molecule has 0 aliphatic rings. The van der Waals surface area contributed by atoms with Crippen LogP contribution in [0.15, 0.2) is 54.7 Å². The van der Waals surface area contributed by atoms with Gasteiger partial charge in [-0.3, -0.25) is 4.98 Å². The molecular formula is C17H17N3O. The zero-order chi connectivity index (χ0) is 14.7. The van der Waals surface area contributed by atoms with Crippen LogP contribution in [0, 0.1) is 0 Å². The fraction of sp³-hybridized carbons (Fsp3) is 0.118. The first-order valence-corrected chi connectivity index (χ1v) is 6.91. The second-order valence-corrected chi connectivity index (χ2v) is 4.69. The highest BCUT2D eigenvalue weighted by molar-refractivity contribution is 5.96. The van der Waals surface area contributed by atoms with Crippen LogP contribution in [0.4, 0.5) is 17.1 Å². The van der Waals surface area contributed by atoms with Gasteiger partial charge in [0.15, 0.2) is 0 Å². The highest BCUT2D eigenvalue weighted by Crippen LogP contribution is 2.30. The van der Waals surface area contributed by atoms with Crippen molar-refractivity contribution in [2.45, 2.75) is 6.92 Å². The Morgan fingerprint density at radius 2 is 1.90 bits per heavy atom. The molecule has 0 radical (unpaired) electrons. The Labute approximate surface area is 123 Å². The maximum Gasteiger partial charge on any atom is 0.145 e. The molecule has 3 aromatic rings. The van der Waals surface area contributed by atoms with E-state index in [1.165, 1.54) is 0 Å². The van der Waals surface area contributed by atoms with Crippen LogP contribution < -0.4 is 15.8 Å². The summed E-state index contributed by atoms with van der Waals surface area (Å²) in [6.07, 6.45) is 1.78. The Balaban J connectivity index is 2.02. The first-order chi connectivity index (χ1) is 10.3. The molecule has 0 saturated heterocycles. The number of pyridine rings is 1. The number of aromatic nitrogens is 1. The van der Waals surface area contributed by atoms with Gasteiger partial charge in [0.2, 0.25) is 0 Å². The van der Waals surface area contributed by atoms with Crippen molar-refractivity contribution in [2.75, 3.05) is 17.7 Å². The molecule has 106 valence electrons. The molecule has 1 aromatic heterocycles. The molecule has 1 heterocycles. The van der Waals surface area contributed by atoms with E-state index in [0.717, 1.165) is 33.7 Å². The number of hydrogen-bond donors (Lipinski definition) is 2. The van der Waals surface area contributed by atoms with Gasteiger partial charge in [0.1, 0.15) is 11.3 Å². The van der Waals surface area contributed by atoms with Crippen LogP contribution in [-0.2, 0) is 0 Å². The quantitative estimate of drug-likeness (QED) is 0.710. The molecule has 0 spiro atoms. The number of nitrogens with one attached hydrogen (secondary N) is 1. The van der Waals surface area contributed by atoms with Crippen LogP contribution >= 0.6 is 0 Å². The average Bonchev–Trinajstić information content (AvgIpc) is 2.51. The van der Waals surface area contributed by atoms with Crippen molar-refractivity contribution < 1.29 is 4.74 Å². The van der Waals surface area contributed by atoms with E-state index >= 15 is 0 Å². The summed E-state index contributed by atoms with van der Waals surface area (Å²) in [5, 5.41) is 4.42. The number of ether oxygens (including phenoxy) is 1. The molecule has 0 aliphatic heterocycles. The smallest absolute Gasteiger partial charge is 0.145 e. The Morgan fingerprint density at radius 3 is 2.67 bits per heavy atom. The normalized spacial score (nSPS) is 10.5. The third-order valence-electron chi connectivity index (χ3n) is 3.22. The van der Waals surface area contributed by atoms with E-state index in [9.17, 15) is 0 Å². The summed E-state index contributed by atoms with van der Waals surface area (Å²) in [4.78, 5) is 4.43. The highest BCUT2D eigenvalue weighted by Gasteiger charge is 2.07. The van der Waals surface area contributed by atoms with E-state index in [0.29, 0.717) is 6.61 Å². The Bertz CT molecular complexity index is 754. The number of nitrogens with zero attached hydrogens (tertiary/aromatic N) is 1. The van der Waals surface area contributed by atoms with Gasteiger partial charge in [0.25, 0.3) is 0 Å². The molecule has 0 saturated carbocycles. The lowest BCUT2D eigenvalue weighted by Gasteiger charge is -2.12. The van der Waals surface area contributed by atoms with E-state index in [-0.39, 0.29) is 0 Å². The molecule has 0 fully saturated rings. The first-order valence-electron chi connectivity index (χ1n) is 6.91. The number of benzene rings is 2. The summed E-state index contributed by atoms with van der Waals surface area (Å²) in [5.74, 6) is 0.802. The number of nitrogen functional groups attached to an aromatic ring is 1. The molecular weight excluding hydrogens is 262 g/mol. The standard InChI is InChI=1S/C17H17N3O/c1-2-21-16-5-3-4-14-15(10-11-19-17(14)16)20-13-8-6-12(18)7-9-13/h3-11H,2,18H2,1H3,(H,19,20). The maximum absolute atomic E-state index is 5.71. The number of hydrogen-bond acceptors (Lipinski definition) is 4. The van der Waals surface area contributed by atoms with Gasteiger partial charge in [0, 0.05) is 28.6 Å². The van der Waals surface area contributed by atoms with Crippen molar-refractivity contribution in [2.24, 2.45) is 0 Å². The van der Waals surface area contributed by atoms with Gasteiger partial charge >= 0.3 is 0 Å². The average molecular weight is 279 g/mol. The molecule has 3 N–H and O–H groups in total. The zero-order valence-corrected chi connectivity index (χ0v) is 11.8. The third kappa shape index (κ3) is 2.74. The number of rotatable bonds is 4. The Kier molecular flexibility index (Phi) is 3.60. The summed E-state index contributed by atoms with van der Waals surface area (Å²) in [6.45, 7) is 2.59. The van der Waals surface area contributed by atoms with Gasteiger partial charge in [-0.05, 0) is 43.3 Å². The fourth-order valence-electron chi connectivity index (χ4n) is 2.25. The predicted molar refractivity (Wildman–Crippen MR) is 87.0 cm³/mol. The summed E-state index contributed by atoms with van der Waals surface area (Å²) < 4.78 is 5.63. The topological polar surface area (TPSA) is 60.2 Å². The first kappa shape index (κ1) is 13.2. The molecule has 4 nitrogen and oxygen atoms in total. The van der Waals surface area contributed by atoms with Crippen LogP contribution in [-0.4, -0.2) is 11.6 Å². The molecule has 0 atom stereocenters.